The monoisotopic (exact) mass is 182 g/mol. The predicted octanol–water partition coefficient (Wildman–Crippen LogP) is 2.42. The van der Waals surface area contributed by atoms with Crippen LogP contribution in [0.3, 0.4) is 0 Å². The Balaban J connectivity index is 2.64. The summed E-state index contributed by atoms with van der Waals surface area (Å²) < 4.78 is 0. The highest BCUT2D eigenvalue weighted by Gasteiger charge is 2.08. The van der Waals surface area contributed by atoms with Gasteiger partial charge in [-0.15, -0.1) is 17.9 Å². The van der Waals surface area contributed by atoms with Crippen molar-refractivity contribution in [1.82, 2.24) is 4.98 Å². The quantitative estimate of drug-likeness (QED) is 0.729. The summed E-state index contributed by atoms with van der Waals surface area (Å²) in [7, 11) is 0. The van der Waals surface area contributed by atoms with Gasteiger partial charge in [0.15, 0.2) is 0 Å². The van der Waals surface area contributed by atoms with E-state index in [9.17, 15) is 0 Å². The van der Waals surface area contributed by atoms with Gasteiger partial charge in [-0.2, -0.15) is 0 Å². The molecule has 0 saturated carbocycles. The molecule has 0 bridgehead atoms. The van der Waals surface area contributed by atoms with Crippen molar-refractivity contribution in [3.05, 3.63) is 28.2 Å². The first kappa shape index (κ1) is 9.42. The van der Waals surface area contributed by atoms with Gasteiger partial charge < -0.3 is 5.73 Å². The van der Waals surface area contributed by atoms with Gasteiger partial charge in [-0.1, -0.05) is 5.57 Å². The molecule has 0 amide bonds. The largest absolute Gasteiger partial charge is 0.323 e. The van der Waals surface area contributed by atoms with Crippen molar-refractivity contribution >= 4 is 11.3 Å². The lowest BCUT2D eigenvalue weighted by Gasteiger charge is -2.07. The normalized spacial score (nSPS) is 12.9. The van der Waals surface area contributed by atoms with Crippen LogP contribution in [0.4, 0.5) is 0 Å². The van der Waals surface area contributed by atoms with E-state index in [1.807, 2.05) is 20.0 Å². The Kier molecular flexibility index (Phi) is 3.00. The standard InChI is InChI=1S/C9H14N2S/c1-6(2)4-8(10)9-5-11-7(3)12-9/h5,8H,1,4,10H2,2-3H3. The van der Waals surface area contributed by atoms with Crippen LogP contribution < -0.4 is 5.73 Å². The molecule has 0 aliphatic rings. The van der Waals surface area contributed by atoms with E-state index in [0.717, 1.165) is 21.9 Å². The van der Waals surface area contributed by atoms with Crippen LogP contribution in [-0.2, 0) is 0 Å². The molecule has 1 heterocycles. The Hall–Kier alpha value is -0.670. The molecule has 0 fully saturated rings. The predicted molar refractivity (Wildman–Crippen MR) is 53.2 cm³/mol. The molecule has 0 aliphatic carbocycles. The van der Waals surface area contributed by atoms with Crippen molar-refractivity contribution in [2.45, 2.75) is 26.3 Å². The van der Waals surface area contributed by atoms with Crippen LogP contribution in [-0.4, -0.2) is 4.98 Å². The second-order valence-corrected chi connectivity index (χ2v) is 4.32. The van der Waals surface area contributed by atoms with Crippen molar-refractivity contribution < 1.29 is 0 Å². The van der Waals surface area contributed by atoms with Crippen molar-refractivity contribution in [3.63, 3.8) is 0 Å². The summed E-state index contributed by atoms with van der Waals surface area (Å²) >= 11 is 1.66. The third kappa shape index (κ3) is 2.43. The summed E-state index contributed by atoms with van der Waals surface area (Å²) in [4.78, 5) is 5.30. The zero-order valence-electron chi connectivity index (χ0n) is 7.50. The van der Waals surface area contributed by atoms with Gasteiger partial charge >= 0.3 is 0 Å². The highest BCUT2D eigenvalue weighted by molar-refractivity contribution is 7.11. The van der Waals surface area contributed by atoms with Crippen LogP contribution in [0.25, 0.3) is 0 Å². The zero-order chi connectivity index (χ0) is 9.14. The fourth-order valence-electron chi connectivity index (χ4n) is 1.03. The van der Waals surface area contributed by atoms with E-state index in [2.05, 4.69) is 11.6 Å². The molecule has 12 heavy (non-hydrogen) atoms. The first-order chi connectivity index (χ1) is 5.59. The molecule has 0 spiro atoms. The number of hydrogen-bond acceptors (Lipinski definition) is 3. The third-order valence-electron chi connectivity index (χ3n) is 1.57. The molecule has 2 N–H and O–H groups in total. The van der Waals surface area contributed by atoms with E-state index in [0.29, 0.717) is 0 Å². The summed E-state index contributed by atoms with van der Waals surface area (Å²) in [5, 5.41) is 1.07. The first-order valence-corrected chi connectivity index (χ1v) is 4.73. The zero-order valence-corrected chi connectivity index (χ0v) is 8.32. The van der Waals surface area contributed by atoms with Crippen molar-refractivity contribution in [2.75, 3.05) is 0 Å². The molecule has 0 radical (unpaired) electrons. The minimum absolute atomic E-state index is 0.0775. The molecule has 66 valence electrons. The molecule has 1 rings (SSSR count). The second-order valence-electron chi connectivity index (χ2n) is 3.05. The number of rotatable bonds is 3. The average Bonchev–Trinajstić information content (AvgIpc) is 2.34. The Morgan fingerprint density at radius 3 is 2.92 bits per heavy atom. The Morgan fingerprint density at radius 2 is 2.50 bits per heavy atom. The molecular formula is C9H14N2S. The molecule has 0 saturated heterocycles. The van der Waals surface area contributed by atoms with Crippen LogP contribution in [0.15, 0.2) is 18.3 Å². The van der Waals surface area contributed by atoms with E-state index < -0.39 is 0 Å². The molecule has 1 atom stereocenters. The van der Waals surface area contributed by atoms with Crippen LogP contribution >= 0.6 is 11.3 Å². The summed E-state index contributed by atoms with van der Waals surface area (Å²) in [6.07, 6.45) is 2.70. The number of aryl methyl sites for hydroxylation is 1. The first-order valence-electron chi connectivity index (χ1n) is 3.92. The number of nitrogens with two attached hydrogens (primary N) is 1. The van der Waals surface area contributed by atoms with E-state index in [4.69, 9.17) is 5.73 Å². The number of nitrogens with zero attached hydrogens (tertiary/aromatic N) is 1. The maximum atomic E-state index is 5.92. The van der Waals surface area contributed by atoms with Crippen LogP contribution in [0.2, 0.25) is 0 Å². The maximum absolute atomic E-state index is 5.92. The Labute approximate surface area is 77.1 Å². The second kappa shape index (κ2) is 3.83. The van der Waals surface area contributed by atoms with E-state index in [-0.39, 0.29) is 6.04 Å². The van der Waals surface area contributed by atoms with Gasteiger partial charge in [0.1, 0.15) is 0 Å². The number of thiazole rings is 1. The maximum Gasteiger partial charge on any atom is 0.0897 e. The van der Waals surface area contributed by atoms with Gasteiger partial charge in [-0.05, 0) is 20.3 Å². The summed E-state index contributed by atoms with van der Waals surface area (Å²) in [5.74, 6) is 0. The molecule has 1 aromatic heterocycles. The Bertz CT molecular complexity index is 278. The van der Waals surface area contributed by atoms with Crippen LogP contribution in [0.5, 0.6) is 0 Å². The van der Waals surface area contributed by atoms with Crippen LogP contribution in [0, 0.1) is 6.92 Å². The van der Waals surface area contributed by atoms with E-state index in [1.54, 1.807) is 11.3 Å². The van der Waals surface area contributed by atoms with Gasteiger partial charge in [0, 0.05) is 17.1 Å². The number of aromatic nitrogens is 1. The molecule has 3 heteroatoms. The Morgan fingerprint density at radius 1 is 1.83 bits per heavy atom. The molecule has 2 nitrogen and oxygen atoms in total. The van der Waals surface area contributed by atoms with Crippen molar-refractivity contribution in [3.8, 4) is 0 Å². The fraction of sp³-hybridized carbons (Fsp3) is 0.444. The molecule has 0 aliphatic heterocycles. The molecular weight excluding hydrogens is 168 g/mol. The van der Waals surface area contributed by atoms with Gasteiger partial charge in [-0.3, -0.25) is 0 Å². The molecule has 1 aromatic rings. The van der Waals surface area contributed by atoms with Crippen molar-refractivity contribution in [2.24, 2.45) is 5.73 Å². The van der Waals surface area contributed by atoms with Gasteiger partial charge in [-0.25, -0.2) is 4.98 Å². The minimum Gasteiger partial charge on any atom is -0.323 e. The van der Waals surface area contributed by atoms with E-state index >= 15 is 0 Å². The van der Waals surface area contributed by atoms with Gasteiger partial charge in [0.05, 0.1) is 5.01 Å². The summed E-state index contributed by atoms with van der Waals surface area (Å²) in [6.45, 7) is 7.81. The summed E-state index contributed by atoms with van der Waals surface area (Å²) in [5.41, 5.74) is 7.04. The van der Waals surface area contributed by atoms with Gasteiger partial charge in [0.2, 0.25) is 0 Å². The number of hydrogen-bond donors (Lipinski definition) is 1. The topological polar surface area (TPSA) is 38.9 Å². The SMILES string of the molecule is C=C(C)CC(N)c1cnc(C)s1. The van der Waals surface area contributed by atoms with Gasteiger partial charge in [0.25, 0.3) is 0 Å². The lowest BCUT2D eigenvalue weighted by Crippen LogP contribution is -2.08. The average molecular weight is 182 g/mol. The highest BCUT2D eigenvalue weighted by atomic mass is 32.1. The molecule has 0 aromatic carbocycles. The van der Waals surface area contributed by atoms with Crippen molar-refractivity contribution in [1.29, 1.82) is 0 Å². The fourth-order valence-corrected chi connectivity index (χ4v) is 1.81. The molecule has 1 unspecified atom stereocenters. The van der Waals surface area contributed by atoms with E-state index in [1.165, 1.54) is 0 Å². The lowest BCUT2D eigenvalue weighted by atomic mass is 10.1. The lowest BCUT2D eigenvalue weighted by molar-refractivity contribution is 0.729. The smallest absolute Gasteiger partial charge is 0.0897 e. The minimum atomic E-state index is 0.0775. The highest BCUT2D eigenvalue weighted by Crippen LogP contribution is 2.22. The summed E-state index contributed by atoms with van der Waals surface area (Å²) in [6, 6.07) is 0.0775. The third-order valence-corrected chi connectivity index (χ3v) is 2.62. The van der Waals surface area contributed by atoms with Crippen LogP contribution in [0.1, 0.15) is 29.3 Å².